The molecule has 1 saturated heterocycles. The zero-order valence-electron chi connectivity index (χ0n) is 15.6. The minimum Gasteiger partial charge on any atom is -0.378 e. The fourth-order valence-corrected chi connectivity index (χ4v) is 3.78. The Balaban J connectivity index is 1.36. The quantitative estimate of drug-likeness (QED) is 0.809. The minimum absolute atomic E-state index is 0.105. The van der Waals surface area contributed by atoms with Crippen LogP contribution in [-0.2, 0) is 17.9 Å². The van der Waals surface area contributed by atoms with Gasteiger partial charge in [-0.2, -0.15) is 11.3 Å². The van der Waals surface area contributed by atoms with E-state index in [4.69, 9.17) is 0 Å². The molecular formula is C20H28N4OS. The number of hydrogen-bond acceptors (Lipinski definition) is 5. The second-order valence-electron chi connectivity index (χ2n) is 7.02. The van der Waals surface area contributed by atoms with Crippen molar-refractivity contribution in [2.24, 2.45) is 0 Å². The van der Waals surface area contributed by atoms with E-state index in [9.17, 15) is 4.79 Å². The molecule has 6 heteroatoms. The van der Waals surface area contributed by atoms with Gasteiger partial charge in [0.1, 0.15) is 0 Å². The normalized spacial score (nSPS) is 15.8. The summed E-state index contributed by atoms with van der Waals surface area (Å²) in [6, 6.07) is 10.5. The molecule has 1 aliphatic rings. The SMILES string of the molecule is CN(C)c1ccc(CNC(=O)CN2CCN(Cc3ccsc3)CC2)cc1. The molecule has 2 heterocycles. The van der Waals surface area contributed by atoms with Crippen LogP contribution in [0.3, 0.4) is 0 Å². The van der Waals surface area contributed by atoms with Crippen LogP contribution in [0.15, 0.2) is 41.1 Å². The lowest BCUT2D eigenvalue weighted by Gasteiger charge is -2.34. The molecule has 140 valence electrons. The van der Waals surface area contributed by atoms with E-state index in [1.807, 2.05) is 14.1 Å². The Labute approximate surface area is 160 Å². The Hall–Kier alpha value is -1.89. The van der Waals surface area contributed by atoms with Crippen molar-refractivity contribution in [1.29, 1.82) is 0 Å². The monoisotopic (exact) mass is 372 g/mol. The van der Waals surface area contributed by atoms with Gasteiger partial charge in [-0.1, -0.05) is 12.1 Å². The highest BCUT2D eigenvalue weighted by Gasteiger charge is 2.19. The number of thiophene rings is 1. The number of amides is 1. The van der Waals surface area contributed by atoms with E-state index in [2.05, 4.69) is 61.1 Å². The van der Waals surface area contributed by atoms with Gasteiger partial charge < -0.3 is 10.2 Å². The molecule has 1 aromatic heterocycles. The van der Waals surface area contributed by atoms with Crippen LogP contribution in [0.2, 0.25) is 0 Å². The van der Waals surface area contributed by atoms with Crippen LogP contribution in [0.25, 0.3) is 0 Å². The fraction of sp³-hybridized carbons (Fsp3) is 0.450. The van der Waals surface area contributed by atoms with E-state index in [0.29, 0.717) is 13.1 Å². The van der Waals surface area contributed by atoms with Crippen LogP contribution in [0.4, 0.5) is 5.69 Å². The van der Waals surface area contributed by atoms with E-state index in [1.54, 1.807) is 11.3 Å². The highest BCUT2D eigenvalue weighted by Crippen LogP contribution is 2.13. The number of benzene rings is 1. The summed E-state index contributed by atoms with van der Waals surface area (Å²) >= 11 is 1.75. The lowest BCUT2D eigenvalue weighted by atomic mass is 10.2. The molecule has 1 N–H and O–H groups in total. The third-order valence-corrected chi connectivity index (χ3v) is 5.49. The Bertz CT molecular complexity index is 676. The number of nitrogens with zero attached hydrogens (tertiary/aromatic N) is 3. The standard InChI is InChI=1S/C20H28N4OS/c1-22(2)19-5-3-17(4-6-19)13-21-20(25)15-24-10-8-23(9-11-24)14-18-7-12-26-16-18/h3-7,12,16H,8-11,13-15H2,1-2H3,(H,21,25). The predicted octanol–water partition coefficient (Wildman–Crippen LogP) is 2.25. The summed E-state index contributed by atoms with van der Waals surface area (Å²) in [4.78, 5) is 19.0. The van der Waals surface area contributed by atoms with Gasteiger partial charge in [-0.3, -0.25) is 14.6 Å². The Morgan fingerprint density at radius 2 is 1.73 bits per heavy atom. The smallest absolute Gasteiger partial charge is 0.234 e. The first-order valence-corrected chi connectivity index (χ1v) is 10.0. The van der Waals surface area contributed by atoms with Crippen LogP contribution in [-0.4, -0.2) is 62.5 Å². The number of nitrogens with one attached hydrogen (secondary N) is 1. The molecule has 0 radical (unpaired) electrons. The summed E-state index contributed by atoms with van der Waals surface area (Å²) in [6.45, 7) is 6.05. The molecule has 5 nitrogen and oxygen atoms in total. The Morgan fingerprint density at radius 1 is 1.04 bits per heavy atom. The maximum absolute atomic E-state index is 12.2. The van der Waals surface area contributed by atoms with Crippen LogP contribution < -0.4 is 10.2 Å². The van der Waals surface area contributed by atoms with Gasteiger partial charge in [-0.15, -0.1) is 0 Å². The minimum atomic E-state index is 0.105. The molecule has 2 aromatic rings. The van der Waals surface area contributed by atoms with Gasteiger partial charge in [0.05, 0.1) is 6.54 Å². The van der Waals surface area contributed by atoms with Crippen molar-refractivity contribution in [3.05, 3.63) is 52.2 Å². The molecule has 3 rings (SSSR count). The number of piperazine rings is 1. The summed E-state index contributed by atoms with van der Waals surface area (Å²) in [6.07, 6.45) is 0. The van der Waals surface area contributed by atoms with E-state index >= 15 is 0 Å². The molecular weight excluding hydrogens is 344 g/mol. The third-order valence-electron chi connectivity index (χ3n) is 4.76. The summed E-state index contributed by atoms with van der Waals surface area (Å²) in [5, 5.41) is 7.38. The maximum Gasteiger partial charge on any atom is 0.234 e. The second kappa shape index (κ2) is 9.16. The summed E-state index contributed by atoms with van der Waals surface area (Å²) in [7, 11) is 4.05. The van der Waals surface area contributed by atoms with Crippen LogP contribution in [0.1, 0.15) is 11.1 Å². The van der Waals surface area contributed by atoms with Crippen molar-refractivity contribution in [2.75, 3.05) is 51.7 Å². The first-order chi connectivity index (χ1) is 12.6. The topological polar surface area (TPSA) is 38.8 Å². The van der Waals surface area contributed by atoms with Crippen LogP contribution >= 0.6 is 11.3 Å². The molecule has 0 bridgehead atoms. The van der Waals surface area contributed by atoms with E-state index in [-0.39, 0.29) is 5.91 Å². The van der Waals surface area contributed by atoms with Crippen molar-refractivity contribution in [3.8, 4) is 0 Å². The lowest BCUT2D eigenvalue weighted by molar-refractivity contribution is -0.122. The van der Waals surface area contributed by atoms with Crippen LogP contribution in [0.5, 0.6) is 0 Å². The number of anilines is 1. The van der Waals surface area contributed by atoms with Crippen LogP contribution in [0, 0.1) is 0 Å². The van der Waals surface area contributed by atoms with Crippen molar-refractivity contribution < 1.29 is 4.79 Å². The van der Waals surface area contributed by atoms with Gasteiger partial charge in [0.25, 0.3) is 0 Å². The number of rotatable bonds is 7. The maximum atomic E-state index is 12.2. The molecule has 0 saturated carbocycles. The van der Waals surface area contributed by atoms with Crippen molar-refractivity contribution >= 4 is 22.9 Å². The third kappa shape index (κ3) is 5.56. The number of carbonyl (C=O) groups excluding carboxylic acids is 1. The molecule has 26 heavy (non-hydrogen) atoms. The predicted molar refractivity (Wildman–Crippen MR) is 109 cm³/mol. The van der Waals surface area contributed by atoms with E-state index in [0.717, 1.165) is 38.3 Å². The van der Waals surface area contributed by atoms with Crippen molar-refractivity contribution in [3.63, 3.8) is 0 Å². The van der Waals surface area contributed by atoms with Crippen molar-refractivity contribution in [2.45, 2.75) is 13.1 Å². The lowest BCUT2D eigenvalue weighted by Crippen LogP contribution is -2.49. The van der Waals surface area contributed by atoms with Gasteiger partial charge in [-0.05, 0) is 40.1 Å². The second-order valence-corrected chi connectivity index (χ2v) is 7.80. The van der Waals surface area contributed by atoms with E-state index in [1.165, 1.54) is 11.3 Å². The Kier molecular flexibility index (Phi) is 6.66. The highest BCUT2D eigenvalue weighted by molar-refractivity contribution is 7.07. The molecule has 0 unspecified atom stereocenters. The highest BCUT2D eigenvalue weighted by atomic mass is 32.1. The average Bonchev–Trinajstić information content (AvgIpc) is 3.15. The average molecular weight is 373 g/mol. The molecule has 0 aliphatic carbocycles. The molecule has 1 fully saturated rings. The van der Waals surface area contributed by atoms with Gasteiger partial charge in [-0.25, -0.2) is 0 Å². The number of carbonyl (C=O) groups is 1. The van der Waals surface area contributed by atoms with Gasteiger partial charge in [0.2, 0.25) is 5.91 Å². The number of hydrogen-bond donors (Lipinski definition) is 1. The zero-order valence-corrected chi connectivity index (χ0v) is 16.5. The first kappa shape index (κ1) is 18.9. The van der Waals surface area contributed by atoms with Crippen molar-refractivity contribution in [1.82, 2.24) is 15.1 Å². The van der Waals surface area contributed by atoms with E-state index < -0.39 is 0 Å². The summed E-state index contributed by atoms with van der Waals surface area (Å²) in [5.41, 5.74) is 3.69. The Morgan fingerprint density at radius 3 is 2.35 bits per heavy atom. The molecule has 1 aromatic carbocycles. The summed E-state index contributed by atoms with van der Waals surface area (Å²) < 4.78 is 0. The molecule has 1 aliphatic heterocycles. The molecule has 0 spiro atoms. The fourth-order valence-electron chi connectivity index (χ4n) is 3.12. The summed E-state index contributed by atoms with van der Waals surface area (Å²) in [5.74, 6) is 0.105. The van der Waals surface area contributed by atoms with Gasteiger partial charge in [0, 0.05) is 59.1 Å². The van der Waals surface area contributed by atoms with Gasteiger partial charge >= 0.3 is 0 Å². The molecule has 0 atom stereocenters. The zero-order chi connectivity index (χ0) is 18.4. The van der Waals surface area contributed by atoms with Gasteiger partial charge in [0.15, 0.2) is 0 Å². The first-order valence-electron chi connectivity index (χ1n) is 9.09. The largest absolute Gasteiger partial charge is 0.378 e. The molecule has 1 amide bonds.